The Labute approximate surface area is 204 Å². The van der Waals surface area contributed by atoms with Crippen molar-refractivity contribution >= 4 is 28.6 Å². The van der Waals surface area contributed by atoms with E-state index in [1.54, 1.807) is 11.8 Å². The Hall–Kier alpha value is -2.97. The van der Waals surface area contributed by atoms with Crippen LogP contribution in [0, 0.1) is 0 Å². The Kier molecular flexibility index (Phi) is 6.78. The molecule has 2 atom stereocenters. The van der Waals surface area contributed by atoms with Crippen LogP contribution in [0.25, 0.3) is 22.3 Å². The van der Waals surface area contributed by atoms with E-state index in [4.69, 9.17) is 15.7 Å². The number of nitrogens with one attached hydrogen (secondary N) is 2. The van der Waals surface area contributed by atoms with Crippen molar-refractivity contribution in [2.45, 2.75) is 68.4 Å². The summed E-state index contributed by atoms with van der Waals surface area (Å²) >= 11 is 1.71. The number of rotatable bonds is 7. The number of hydrogen-bond acceptors (Lipinski definition) is 7. The molecule has 4 aromatic rings. The van der Waals surface area contributed by atoms with Gasteiger partial charge in [0.2, 0.25) is 0 Å². The molecule has 0 bridgehead atoms. The summed E-state index contributed by atoms with van der Waals surface area (Å²) in [6, 6.07) is 14.6. The third kappa shape index (κ3) is 4.93. The monoisotopic (exact) mass is 473 g/mol. The summed E-state index contributed by atoms with van der Waals surface area (Å²) < 4.78 is 0. The molecule has 176 valence electrons. The van der Waals surface area contributed by atoms with Crippen molar-refractivity contribution < 1.29 is 0 Å². The maximum atomic E-state index is 6.41. The lowest BCUT2D eigenvalue weighted by Gasteiger charge is -2.27. The second kappa shape index (κ2) is 10.1. The molecule has 8 heteroatoms. The minimum Gasteiger partial charge on any atom is -0.364 e. The molecular formula is C26H31N7S. The van der Waals surface area contributed by atoms with Crippen molar-refractivity contribution in [3.05, 3.63) is 59.9 Å². The normalized spacial score (nSPS) is 18.5. The van der Waals surface area contributed by atoms with E-state index in [-0.39, 0.29) is 6.04 Å². The van der Waals surface area contributed by atoms with Gasteiger partial charge in [0, 0.05) is 29.6 Å². The first-order valence-corrected chi connectivity index (χ1v) is 12.9. The van der Waals surface area contributed by atoms with Gasteiger partial charge in [-0.05, 0) is 36.5 Å². The summed E-state index contributed by atoms with van der Waals surface area (Å²) in [7, 11) is 0. The first-order valence-electron chi connectivity index (χ1n) is 12.0. The van der Waals surface area contributed by atoms with E-state index < -0.39 is 0 Å². The first kappa shape index (κ1) is 22.8. The average molecular weight is 474 g/mol. The van der Waals surface area contributed by atoms with Crippen molar-refractivity contribution in [3.8, 4) is 11.3 Å². The van der Waals surface area contributed by atoms with Crippen LogP contribution in [-0.2, 0) is 6.54 Å². The van der Waals surface area contributed by atoms with Gasteiger partial charge in [-0.15, -0.1) is 0 Å². The summed E-state index contributed by atoms with van der Waals surface area (Å²) in [4.78, 5) is 14.2. The first-order chi connectivity index (χ1) is 16.6. The van der Waals surface area contributed by atoms with Crippen molar-refractivity contribution in [1.82, 2.24) is 25.1 Å². The van der Waals surface area contributed by atoms with Crippen molar-refractivity contribution in [2.75, 3.05) is 5.32 Å². The minimum atomic E-state index is 0.195. The Morgan fingerprint density at radius 1 is 1.06 bits per heavy atom. The zero-order valence-electron chi connectivity index (χ0n) is 19.7. The van der Waals surface area contributed by atoms with Crippen molar-refractivity contribution in [1.29, 1.82) is 0 Å². The van der Waals surface area contributed by atoms with E-state index in [1.807, 2.05) is 24.4 Å². The highest BCUT2D eigenvalue weighted by molar-refractivity contribution is 7.99. The Bertz CT molecular complexity index is 1240. The number of H-pyrrole nitrogens is 1. The van der Waals surface area contributed by atoms with Gasteiger partial charge in [-0.1, -0.05) is 68.8 Å². The number of aromatic nitrogens is 5. The Morgan fingerprint density at radius 3 is 2.62 bits per heavy atom. The maximum Gasteiger partial charge on any atom is 0.190 e. The van der Waals surface area contributed by atoms with Gasteiger partial charge in [0.1, 0.15) is 5.52 Å². The number of anilines is 1. The number of thioether (sulfide) groups is 1. The van der Waals surface area contributed by atoms with Gasteiger partial charge < -0.3 is 11.1 Å². The molecule has 3 aromatic heterocycles. The number of pyridine rings is 1. The van der Waals surface area contributed by atoms with E-state index in [9.17, 15) is 0 Å². The van der Waals surface area contributed by atoms with Gasteiger partial charge in [-0.2, -0.15) is 5.10 Å². The highest BCUT2D eigenvalue weighted by atomic mass is 32.2. The lowest BCUT2D eigenvalue weighted by atomic mass is 9.96. The molecular weight excluding hydrogens is 442 g/mol. The van der Waals surface area contributed by atoms with Crippen LogP contribution in [0.15, 0.2) is 53.8 Å². The molecule has 0 saturated heterocycles. The molecule has 1 aliphatic carbocycles. The van der Waals surface area contributed by atoms with Crippen LogP contribution in [-0.4, -0.2) is 36.4 Å². The van der Waals surface area contributed by atoms with E-state index in [0.29, 0.717) is 17.7 Å². The smallest absolute Gasteiger partial charge is 0.190 e. The molecule has 1 aliphatic rings. The predicted octanol–water partition coefficient (Wildman–Crippen LogP) is 5.51. The molecule has 4 N–H and O–H groups in total. The van der Waals surface area contributed by atoms with Gasteiger partial charge >= 0.3 is 0 Å². The van der Waals surface area contributed by atoms with E-state index in [2.05, 4.69) is 58.6 Å². The van der Waals surface area contributed by atoms with Crippen LogP contribution in [0.5, 0.6) is 0 Å². The topological polar surface area (TPSA) is 105 Å². The fourth-order valence-electron chi connectivity index (χ4n) is 4.40. The molecule has 1 fully saturated rings. The molecule has 3 heterocycles. The molecule has 5 rings (SSSR count). The summed E-state index contributed by atoms with van der Waals surface area (Å²) in [5.41, 5.74) is 12.4. The predicted molar refractivity (Wildman–Crippen MR) is 139 cm³/mol. The molecule has 1 aromatic carbocycles. The van der Waals surface area contributed by atoms with Crippen LogP contribution in [0.3, 0.4) is 0 Å². The molecule has 0 amide bonds. The maximum absolute atomic E-state index is 6.41. The highest BCUT2D eigenvalue weighted by Crippen LogP contribution is 2.34. The van der Waals surface area contributed by atoms with Crippen molar-refractivity contribution in [2.24, 2.45) is 5.73 Å². The Morgan fingerprint density at radius 2 is 1.88 bits per heavy atom. The molecule has 0 radical (unpaired) electrons. The van der Waals surface area contributed by atoms with Crippen LogP contribution in [0.1, 0.15) is 56.7 Å². The molecule has 0 aliphatic heterocycles. The number of aromatic amines is 1. The second-order valence-corrected chi connectivity index (χ2v) is 10.4. The number of nitrogens with zero attached hydrogens (tertiary/aromatic N) is 4. The van der Waals surface area contributed by atoms with Crippen LogP contribution in [0.2, 0.25) is 0 Å². The minimum absolute atomic E-state index is 0.195. The van der Waals surface area contributed by atoms with Crippen LogP contribution >= 0.6 is 11.8 Å². The van der Waals surface area contributed by atoms with E-state index in [0.717, 1.165) is 57.4 Å². The zero-order valence-corrected chi connectivity index (χ0v) is 20.5. The lowest BCUT2D eigenvalue weighted by Crippen LogP contribution is -2.35. The summed E-state index contributed by atoms with van der Waals surface area (Å²) in [5.74, 6) is 1.05. The van der Waals surface area contributed by atoms with Gasteiger partial charge in [0.25, 0.3) is 0 Å². The zero-order chi connectivity index (χ0) is 23.5. The number of hydrogen-bond donors (Lipinski definition) is 3. The van der Waals surface area contributed by atoms with Gasteiger partial charge in [-0.3, -0.25) is 10.1 Å². The van der Waals surface area contributed by atoms with Crippen LogP contribution in [0.4, 0.5) is 5.82 Å². The molecule has 1 saturated carbocycles. The fourth-order valence-corrected chi connectivity index (χ4v) is 5.55. The third-order valence-electron chi connectivity index (χ3n) is 6.37. The lowest BCUT2D eigenvalue weighted by molar-refractivity contribution is 0.453. The molecule has 0 spiro atoms. The molecule has 7 nitrogen and oxygen atoms in total. The Balaban J connectivity index is 1.39. The third-order valence-corrected chi connectivity index (χ3v) is 7.65. The second-order valence-electron chi connectivity index (χ2n) is 9.21. The average Bonchev–Trinajstić information content (AvgIpc) is 3.29. The van der Waals surface area contributed by atoms with E-state index >= 15 is 0 Å². The van der Waals surface area contributed by atoms with Crippen LogP contribution < -0.4 is 11.1 Å². The quantitative estimate of drug-likeness (QED) is 0.304. The molecule has 2 unspecified atom stereocenters. The van der Waals surface area contributed by atoms with Gasteiger partial charge in [0.05, 0.1) is 11.4 Å². The summed E-state index contributed by atoms with van der Waals surface area (Å²) in [6.45, 7) is 4.94. The fraction of sp³-hybridized carbons (Fsp3) is 0.385. The summed E-state index contributed by atoms with van der Waals surface area (Å²) in [5, 5.41) is 12.4. The molecule has 34 heavy (non-hydrogen) atoms. The number of nitrogens with two attached hydrogens (primary N) is 1. The van der Waals surface area contributed by atoms with Crippen molar-refractivity contribution in [3.63, 3.8) is 0 Å². The standard InChI is InChI=1S/C26H31N7S/c1-16(2)22-23-24(33-32-22)25(31-26(30-23)34-21-9-4-3-7-19(21)27)29-15-17-10-12-18(13-11-17)20-8-5-6-14-28-20/h5-6,8,10-14,16,19,21H,3-4,7,9,15,27H2,1-2H3,(H,32,33)(H,29,30,31). The van der Waals surface area contributed by atoms with Gasteiger partial charge in [0.15, 0.2) is 16.5 Å². The summed E-state index contributed by atoms with van der Waals surface area (Å²) in [6.07, 6.45) is 6.43. The highest BCUT2D eigenvalue weighted by Gasteiger charge is 2.25. The van der Waals surface area contributed by atoms with E-state index in [1.165, 1.54) is 12.8 Å². The number of benzene rings is 1. The SMILES string of the molecule is CC(C)c1[nH]nc2c(NCc3ccc(-c4ccccn4)cc3)nc(SC3CCCCC3N)nc12. The largest absolute Gasteiger partial charge is 0.364 e. The number of fused-ring (bicyclic) bond motifs is 1. The van der Waals surface area contributed by atoms with Gasteiger partial charge in [-0.25, -0.2) is 9.97 Å².